The predicted molar refractivity (Wildman–Crippen MR) is 67.2 cm³/mol. The van der Waals surface area contributed by atoms with Crippen LogP contribution in [0.2, 0.25) is 5.15 Å². The van der Waals surface area contributed by atoms with Gasteiger partial charge in [-0.3, -0.25) is 4.79 Å². The van der Waals surface area contributed by atoms with Crippen LogP contribution in [-0.4, -0.2) is 42.0 Å². The van der Waals surface area contributed by atoms with Gasteiger partial charge < -0.3 is 10.2 Å². The lowest BCUT2D eigenvalue weighted by Crippen LogP contribution is -2.43. The van der Waals surface area contributed by atoms with Crippen molar-refractivity contribution < 1.29 is 4.79 Å². The molecule has 0 aromatic carbocycles. The van der Waals surface area contributed by atoms with Gasteiger partial charge in [0.25, 0.3) is 5.91 Å². The number of carbonyl (C=O) groups excluding carboxylic acids is 1. The number of amides is 1. The molecule has 4 nitrogen and oxygen atoms in total. The number of pyridine rings is 1. The summed E-state index contributed by atoms with van der Waals surface area (Å²) in [5.74, 6) is 0.0451. The second-order valence-electron chi connectivity index (χ2n) is 4.22. The summed E-state index contributed by atoms with van der Waals surface area (Å²) >= 11 is 5.70. The van der Waals surface area contributed by atoms with Gasteiger partial charge in [0.2, 0.25) is 0 Å². The topological polar surface area (TPSA) is 45.2 Å². The zero-order valence-electron chi connectivity index (χ0n) is 9.82. The highest BCUT2D eigenvalue weighted by Crippen LogP contribution is 2.14. The quantitative estimate of drug-likeness (QED) is 0.814. The Morgan fingerprint density at radius 2 is 2.18 bits per heavy atom. The molecule has 0 unspecified atom stereocenters. The van der Waals surface area contributed by atoms with E-state index in [0.717, 1.165) is 25.9 Å². The van der Waals surface area contributed by atoms with Crippen molar-refractivity contribution in [2.45, 2.75) is 18.9 Å². The first-order valence-corrected chi connectivity index (χ1v) is 6.16. The van der Waals surface area contributed by atoms with Crippen molar-refractivity contribution in [3.05, 3.63) is 29.0 Å². The maximum absolute atomic E-state index is 12.1. The molecule has 0 atom stereocenters. The SMILES string of the molecule is CNC1CCN(C(=O)c2ccc(Cl)nc2)CC1. The third-order valence-electron chi connectivity index (χ3n) is 3.16. The number of nitrogens with one attached hydrogen (secondary N) is 1. The van der Waals surface area contributed by atoms with Gasteiger partial charge in [-0.2, -0.15) is 0 Å². The van der Waals surface area contributed by atoms with E-state index in [1.165, 1.54) is 6.20 Å². The average Bonchev–Trinajstić information content (AvgIpc) is 2.39. The van der Waals surface area contributed by atoms with Crippen LogP contribution in [0.5, 0.6) is 0 Å². The maximum atomic E-state index is 12.1. The minimum Gasteiger partial charge on any atom is -0.338 e. The van der Waals surface area contributed by atoms with E-state index >= 15 is 0 Å². The van der Waals surface area contributed by atoms with E-state index in [1.807, 2.05) is 11.9 Å². The number of hydrogen-bond donors (Lipinski definition) is 1. The normalized spacial score (nSPS) is 17.2. The molecule has 1 aliphatic heterocycles. The molecule has 0 radical (unpaired) electrons. The highest BCUT2D eigenvalue weighted by Gasteiger charge is 2.22. The molecule has 17 heavy (non-hydrogen) atoms. The van der Waals surface area contributed by atoms with E-state index in [0.29, 0.717) is 16.8 Å². The van der Waals surface area contributed by atoms with Crippen molar-refractivity contribution in [2.75, 3.05) is 20.1 Å². The summed E-state index contributed by atoms with van der Waals surface area (Å²) in [6.45, 7) is 1.60. The first-order valence-electron chi connectivity index (χ1n) is 5.79. The van der Waals surface area contributed by atoms with Gasteiger partial charge in [0.05, 0.1) is 5.56 Å². The minimum atomic E-state index is 0.0451. The molecule has 0 saturated carbocycles. The van der Waals surface area contributed by atoms with Crippen LogP contribution < -0.4 is 5.32 Å². The highest BCUT2D eigenvalue weighted by molar-refractivity contribution is 6.29. The number of carbonyl (C=O) groups is 1. The van der Waals surface area contributed by atoms with E-state index in [1.54, 1.807) is 12.1 Å². The summed E-state index contributed by atoms with van der Waals surface area (Å²) in [4.78, 5) is 17.9. The summed E-state index contributed by atoms with van der Waals surface area (Å²) in [6.07, 6.45) is 3.54. The lowest BCUT2D eigenvalue weighted by Gasteiger charge is -2.31. The number of piperidine rings is 1. The third kappa shape index (κ3) is 2.96. The number of likely N-dealkylation sites (tertiary alicyclic amines) is 1. The Morgan fingerprint density at radius 3 is 2.71 bits per heavy atom. The highest BCUT2D eigenvalue weighted by atomic mass is 35.5. The molecule has 1 aliphatic rings. The number of aromatic nitrogens is 1. The molecule has 1 fully saturated rings. The fraction of sp³-hybridized carbons (Fsp3) is 0.500. The molecule has 1 amide bonds. The fourth-order valence-corrected chi connectivity index (χ4v) is 2.17. The van der Waals surface area contributed by atoms with Crippen LogP contribution >= 0.6 is 11.6 Å². The molecule has 92 valence electrons. The first kappa shape index (κ1) is 12.3. The molecule has 2 rings (SSSR count). The molecule has 0 bridgehead atoms. The molecule has 0 aliphatic carbocycles. The summed E-state index contributed by atoms with van der Waals surface area (Å²) < 4.78 is 0. The van der Waals surface area contributed by atoms with Crippen LogP contribution in [-0.2, 0) is 0 Å². The monoisotopic (exact) mass is 253 g/mol. The van der Waals surface area contributed by atoms with Gasteiger partial charge in [-0.25, -0.2) is 4.98 Å². The Morgan fingerprint density at radius 1 is 1.47 bits per heavy atom. The second kappa shape index (κ2) is 5.47. The Balaban J connectivity index is 1.99. The summed E-state index contributed by atoms with van der Waals surface area (Å²) in [6, 6.07) is 3.90. The largest absolute Gasteiger partial charge is 0.338 e. The Bertz CT molecular complexity index is 385. The standard InChI is InChI=1S/C12H16ClN3O/c1-14-10-4-6-16(7-5-10)12(17)9-2-3-11(13)15-8-9/h2-3,8,10,14H,4-7H2,1H3. The van der Waals surface area contributed by atoms with Crippen LogP contribution in [0.15, 0.2) is 18.3 Å². The number of rotatable bonds is 2. The zero-order valence-corrected chi connectivity index (χ0v) is 10.6. The van der Waals surface area contributed by atoms with Gasteiger partial charge in [-0.15, -0.1) is 0 Å². The van der Waals surface area contributed by atoms with Crippen LogP contribution in [0.1, 0.15) is 23.2 Å². The molecule has 1 saturated heterocycles. The molecular formula is C12H16ClN3O. The van der Waals surface area contributed by atoms with Gasteiger partial charge in [0.1, 0.15) is 5.15 Å². The van der Waals surface area contributed by atoms with Crippen LogP contribution in [0.4, 0.5) is 0 Å². The predicted octanol–water partition coefficient (Wildman–Crippen LogP) is 1.56. The molecule has 5 heteroatoms. The molecule has 1 aromatic heterocycles. The van der Waals surface area contributed by atoms with Crippen molar-refractivity contribution in [1.29, 1.82) is 0 Å². The Kier molecular flexibility index (Phi) is 3.97. The van der Waals surface area contributed by atoms with Crippen molar-refractivity contribution in [3.63, 3.8) is 0 Å². The van der Waals surface area contributed by atoms with Gasteiger partial charge in [-0.05, 0) is 32.0 Å². The van der Waals surface area contributed by atoms with E-state index < -0.39 is 0 Å². The Hall–Kier alpha value is -1.13. The van der Waals surface area contributed by atoms with Crippen molar-refractivity contribution in [2.24, 2.45) is 0 Å². The van der Waals surface area contributed by atoms with E-state index in [4.69, 9.17) is 11.6 Å². The third-order valence-corrected chi connectivity index (χ3v) is 3.39. The number of halogens is 1. The minimum absolute atomic E-state index is 0.0451. The van der Waals surface area contributed by atoms with Crippen molar-refractivity contribution >= 4 is 17.5 Å². The molecule has 0 spiro atoms. The van der Waals surface area contributed by atoms with Crippen LogP contribution in [0, 0.1) is 0 Å². The van der Waals surface area contributed by atoms with E-state index in [-0.39, 0.29) is 5.91 Å². The lowest BCUT2D eigenvalue weighted by molar-refractivity contribution is 0.0707. The smallest absolute Gasteiger partial charge is 0.255 e. The zero-order chi connectivity index (χ0) is 12.3. The molecule has 2 heterocycles. The number of hydrogen-bond acceptors (Lipinski definition) is 3. The molecule has 1 aromatic rings. The van der Waals surface area contributed by atoms with Crippen molar-refractivity contribution in [1.82, 2.24) is 15.2 Å². The van der Waals surface area contributed by atoms with Gasteiger partial charge in [-0.1, -0.05) is 11.6 Å². The fourth-order valence-electron chi connectivity index (χ4n) is 2.06. The second-order valence-corrected chi connectivity index (χ2v) is 4.61. The van der Waals surface area contributed by atoms with Crippen LogP contribution in [0.3, 0.4) is 0 Å². The summed E-state index contributed by atoms with van der Waals surface area (Å²) in [5.41, 5.74) is 0.609. The lowest BCUT2D eigenvalue weighted by atomic mass is 10.0. The molecular weight excluding hydrogens is 238 g/mol. The van der Waals surface area contributed by atoms with Gasteiger partial charge in [0, 0.05) is 25.3 Å². The summed E-state index contributed by atoms with van der Waals surface area (Å²) in [7, 11) is 1.96. The summed E-state index contributed by atoms with van der Waals surface area (Å²) in [5, 5.41) is 3.66. The first-order chi connectivity index (χ1) is 8.20. The van der Waals surface area contributed by atoms with Crippen LogP contribution in [0.25, 0.3) is 0 Å². The van der Waals surface area contributed by atoms with Crippen molar-refractivity contribution in [3.8, 4) is 0 Å². The molecule has 1 N–H and O–H groups in total. The number of nitrogens with zero attached hydrogens (tertiary/aromatic N) is 2. The van der Waals surface area contributed by atoms with Gasteiger partial charge >= 0.3 is 0 Å². The average molecular weight is 254 g/mol. The van der Waals surface area contributed by atoms with E-state index in [9.17, 15) is 4.79 Å². The Labute approximate surface area is 106 Å². The maximum Gasteiger partial charge on any atom is 0.255 e. The van der Waals surface area contributed by atoms with Gasteiger partial charge in [0.15, 0.2) is 0 Å². The van der Waals surface area contributed by atoms with E-state index in [2.05, 4.69) is 10.3 Å².